The molecule has 2 aliphatic rings. The average molecular weight is 432 g/mol. The summed E-state index contributed by atoms with van der Waals surface area (Å²) in [6.07, 6.45) is 4.10. The second-order valence-corrected chi connectivity index (χ2v) is 9.58. The van der Waals surface area contributed by atoms with Gasteiger partial charge in [0.25, 0.3) is 0 Å². The molecule has 8 nitrogen and oxygen atoms in total. The lowest BCUT2D eigenvalue weighted by Crippen LogP contribution is -2.54. The molecule has 30 heavy (non-hydrogen) atoms. The Morgan fingerprint density at radius 3 is 2.53 bits per heavy atom. The Bertz CT molecular complexity index is 981. The van der Waals surface area contributed by atoms with Gasteiger partial charge in [-0.1, -0.05) is 31.0 Å². The standard InChI is InChI=1S/C21H25N3O5S/c22-21(25)29-20-18-9-5-4-6-15(18)12-13-24(20)30(26,27)17-10-11-19(23-14-17)28-16-7-2-1-3-8-16/h1-3,7-8,10-11,14-15,18,20H,4-6,9,12-13H2,(H2,22,25). The Balaban J connectivity index is 1.57. The number of benzene rings is 1. The summed E-state index contributed by atoms with van der Waals surface area (Å²) in [5.74, 6) is 1.20. The van der Waals surface area contributed by atoms with Gasteiger partial charge in [-0.2, -0.15) is 4.31 Å². The highest BCUT2D eigenvalue weighted by atomic mass is 32.2. The molecule has 1 aromatic heterocycles. The van der Waals surface area contributed by atoms with Crippen molar-refractivity contribution >= 4 is 16.1 Å². The van der Waals surface area contributed by atoms with Gasteiger partial charge in [0.05, 0.1) is 6.20 Å². The van der Waals surface area contributed by atoms with Crippen LogP contribution in [0.4, 0.5) is 4.79 Å². The number of piperidine rings is 1. The van der Waals surface area contributed by atoms with Crippen molar-refractivity contribution in [2.24, 2.45) is 17.6 Å². The van der Waals surface area contributed by atoms with E-state index in [2.05, 4.69) is 4.98 Å². The summed E-state index contributed by atoms with van der Waals surface area (Å²) >= 11 is 0. The third-order valence-corrected chi connectivity index (χ3v) is 7.70. The summed E-state index contributed by atoms with van der Waals surface area (Å²) in [5, 5.41) is 0. The molecule has 2 heterocycles. The topological polar surface area (TPSA) is 112 Å². The van der Waals surface area contributed by atoms with Crippen LogP contribution >= 0.6 is 0 Å². The Morgan fingerprint density at radius 1 is 1.07 bits per heavy atom. The van der Waals surface area contributed by atoms with Crippen molar-refractivity contribution in [3.63, 3.8) is 0 Å². The van der Waals surface area contributed by atoms with Gasteiger partial charge in [-0.05, 0) is 43.4 Å². The highest BCUT2D eigenvalue weighted by Gasteiger charge is 2.46. The molecule has 1 amide bonds. The maximum Gasteiger partial charge on any atom is 0.406 e. The minimum absolute atomic E-state index is 0.0234. The van der Waals surface area contributed by atoms with Gasteiger partial charge in [-0.3, -0.25) is 0 Å². The molecule has 1 aromatic carbocycles. The molecular formula is C21H25N3O5S. The zero-order valence-electron chi connectivity index (χ0n) is 16.5. The average Bonchev–Trinajstić information content (AvgIpc) is 2.74. The number of nitrogens with zero attached hydrogens (tertiary/aromatic N) is 2. The van der Waals surface area contributed by atoms with E-state index < -0.39 is 22.3 Å². The number of hydrogen-bond donors (Lipinski definition) is 1. The zero-order valence-corrected chi connectivity index (χ0v) is 17.3. The smallest absolute Gasteiger partial charge is 0.406 e. The van der Waals surface area contributed by atoms with Crippen LogP contribution in [0.1, 0.15) is 32.1 Å². The van der Waals surface area contributed by atoms with Gasteiger partial charge >= 0.3 is 6.09 Å². The Kier molecular flexibility index (Phi) is 5.92. The van der Waals surface area contributed by atoms with Crippen LogP contribution in [0.15, 0.2) is 53.6 Å². The van der Waals surface area contributed by atoms with Crippen LogP contribution in [0.5, 0.6) is 11.6 Å². The summed E-state index contributed by atoms with van der Waals surface area (Å²) in [4.78, 5) is 15.7. The SMILES string of the molecule is NC(=O)OC1C2CCCCC2CCN1S(=O)(=O)c1ccc(Oc2ccccc2)nc1. The lowest BCUT2D eigenvalue weighted by molar-refractivity contribution is -0.0651. The third kappa shape index (κ3) is 4.27. The van der Waals surface area contributed by atoms with Crippen molar-refractivity contribution in [2.45, 2.75) is 43.2 Å². The van der Waals surface area contributed by atoms with Crippen LogP contribution in [0.2, 0.25) is 0 Å². The van der Waals surface area contributed by atoms with Crippen molar-refractivity contribution in [3.05, 3.63) is 48.7 Å². The van der Waals surface area contributed by atoms with Crippen LogP contribution in [-0.4, -0.2) is 36.6 Å². The van der Waals surface area contributed by atoms with E-state index in [0.29, 0.717) is 11.7 Å². The molecule has 2 N–H and O–H groups in total. The highest BCUT2D eigenvalue weighted by Crippen LogP contribution is 2.42. The van der Waals surface area contributed by atoms with E-state index in [1.165, 1.54) is 22.6 Å². The van der Waals surface area contributed by atoms with Crippen LogP contribution in [-0.2, 0) is 14.8 Å². The number of aromatic nitrogens is 1. The van der Waals surface area contributed by atoms with E-state index >= 15 is 0 Å². The van der Waals surface area contributed by atoms with E-state index in [1.807, 2.05) is 18.2 Å². The molecule has 0 spiro atoms. The monoisotopic (exact) mass is 431 g/mol. The van der Waals surface area contributed by atoms with E-state index in [9.17, 15) is 13.2 Å². The van der Waals surface area contributed by atoms with E-state index in [0.717, 1.165) is 32.1 Å². The molecule has 2 aromatic rings. The first kappa shape index (κ1) is 20.6. The fraction of sp³-hybridized carbons (Fsp3) is 0.429. The summed E-state index contributed by atoms with van der Waals surface area (Å²) < 4.78 is 38.9. The normalized spacial score (nSPS) is 24.6. The molecule has 3 unspecified atom stereocenters. The largest absolute Gasteiger partial charge is 0.439 e. The molecule has 1 saturated carbocycles. The van der Waals surface area contributed by atoms with Crippen molar-refractivity contribution in [1.82, 2.24) is 9.29 Å². The molecule has 160 valence electrons. The molecule has 3 atom stereocenters. The van der Waals surface area contributed by atoms with Crippen molar-refractivity contribution in [3.8, 4) is 11.6 Å². The van der Waals surface area contributed by atoms with Gasteiger partial charge in [0.1, 0.15) is 10.6 Å². The third-order valence-electron chi connectivity index (χ3n) is 5.86. The summed E-state index contributed by atoms with van der Waals surface area (Å²) in [5.41, 5.74) is 5.27. The molecule has 1 aliphatic carbocycles. The Hall–Kier alpha value is -2.65. The van der Waals surface area contributed by atoms with E-state index in [4.69, 9.17) is 15.2 Å². The number of fused-ring (bicyclic) bond motifs is 1. The number of sulfonamides is 1. The molecule has 0 bridgehead atoms. The first-order valence-corrected chi connectivity index (χ1v) is 11.6. The maximum atomic E-state index is 13.3. The molecular weight excluding hydrogens is 406 g/mol. The zero-order chi connectivity index (χ0) is 21.1. The number of para-hydroxylation sites is 1. The predicted molar refractivity (Wildman–Crippen MR) is 109 cm³/mol. The Labute approximate surface area is 176 Å². The molecule has 4 rings (SSSR count). The van der Waals surface area contributed by atoms with Gasteiger partial charge in [-0.25, -0.2) is 18.2 Å². The van der Waals surface area contributed by atoms with Crippen LogP contribution in [0.3, 0.4) is 0 Å². The van der Waals surface area contributed by atoms with E-state index in [1.54, 1.807) is 12.1 Å². The van der Waals surface area contributed by atoms with Gasteiger partial charge in [0, 0.05) is 18.5 Å². The van der Waals surface area contributed by atoms with Crippen molar-refractivity contribution < 1.29 is 22.7 Å². The molecule has 1 aliphatic heterocycles. The molecule has 1 saturated heterocycles. The van der Waals surface area contributed by atoms with Crippen LogP contribution < -0.4 is 10.5 Å². The molecule has 2 fully saturated rings. The van der Waals surface area contributed by atoms with Crippen LogP contribution in [0, 0.1) is 11.8 Å². The number of primary amides is 1. The minimum Gasteiger partial charge on any atom is -0.439 e. The first-order chi connectivity index (χ1) is 14.4. The van der Waals surface area contributed by atoms with Gasteiger partial charge < -0.3 is 15.2 Å². The minimum atomic E-state index is -3.91. The quantitative estimate of drug-likeness (QED) is 0.775. The molecule has 9 heteroatoms. The second kappa shape index (κ2) is 8.61. The first-order valence-electron chi connectivity index (χ1n) is 10.1. The van der Waals surface area contributed by atoms with Gasteiger partial charge in [-0.15, -0.1) is 0 Å². The fourth-order valence-electron chi connectivity index (χ4n) is 4.45. The number of carbonyl (C=O) groups is 1. The predicted octanol–water partition coefficient (Wildman–Crippen LogP) is 3.50. The van der Waals surface area contributed by atoms with Crippen molar-refractivity contribution in [2.75, 3.05) is 6.54 Å². The van der Waals surface area contributed by atoms with Crippen LogP contribution in [0.25, 0.3) is 0 Å². The van der Waals surface area contributed by atoms with Gasteiger partial charge in [0.2, 0.25) is 15.9 Å². The fourth-order valence-corrected chi connectivity index (χ4v) is 5.97. The second-order valence-electron chi connectivity index (χ2n) is 7.69. The number of hydrogen-bond acceptors (Lipinski definition) is 6. The molecule has 0 radical (unpaired) electrons. The number of pyridine rings is 1. The Morgan fingerprint density at radius 2 is 1.83 bits per heavy atom. The number of rotatable bonds is 5. The lowest BCUT2D eigenvalue weighted by atomic mass is 9.74. The van der Waals surface area contributed by atoms with Crippen molar-refractivity contribution in [1.29, 1.82) is 0 Å². The highest BCUT2D eigenvalue weighted by molar-refractivity contribution is 7.89. The number of ether oxygens (including phenoxy) is 2. The summed E-state index contributed by atoms with van der Waals surface area (Å²) in [6, 6.07) is 12.1. The number of carbonyl (C=O) groups excluding carboxylic acids is 1. The maximum absolute atomic E-state index is 13.3. The lowest BCUT2D eigenvalue weighted by Gasteiger charge is -2.45. The van der Waals surface area contributed by atoms with Gasteiger partial charge in [0.15, 0.2) is 6.23 Å². The van der Waals surface area contributed by atoms with E-state index in [-0.39, 0.29) is 23.2 Å². The number of amides is 1. The summed E-state index contributed by atoms with van der Waals surface area (Å²) in [6.45, 7) is 0.281. The number of nitrogens with two attached hydrogens (primary N) is 1. The summed E-state index contributed by atoms with van der Waals surface area (Å²) in [7, 11) is -3.91.